The second-order valence-electron chi connectivity index (χ2n) is 7.62. The van der Waals surface area contributed by atoms with Crippen LogP contribution in [0.1, 0.15) is 16.8 Å². The number of pyridine rings is 1. The van der Waals surface area contributed by atoms with Gasteiger partial charge in [-0.2, -0.15) is 14.9 Å². The van der Waals surface area contributed by atoms with Gasteiger partial charge in [-0.3, -0.25) is 0 Å². The van der Waals surface area contributed by atoms with E-state index in [1.54, 1.807) is 12.1 Å². The standard InChI is InChI=1S/C25H17ClN6O/c1-16-22(19-6-8-21(26)9-7-19)23(20-10-12-28-13-11-20)24-30-31(25(33)32(24)29-16)15-18-4-2-17(14-27)3-5-18/h2-13H,15H2,1H3/p+1. The molecular formula is C25H18ClN6O+. The number of aromatic nitrogens is 5. The first-order chi connectivity index (χ1) is 16.0. The van der Waals surface area contributed by atoms with Crippen molar-refractivity contribution in [3.8, 4) is 28.3 Å². The molecule has 0 fully saturated rings. The maximum absolute atomic E-state index is 13.2. The Morgan fingerprint density at radius 3 is 2.27 bits per heavy atom. The van der Waals surface area contributed by atoms with Crippen molar-refractivity contribution < 1.29 is 4.98 Å². The summed E-state index contributed by atoms with van der Waals surface area (Å²) in [6.45, 7) is 2.15. The molecule has 2 aromatic carbocycles. The average Bonchev–Trinajstić information content (AvgIpc) is 3.14. The Labute approximate surface area is 194 Å². The Balaban J connectivity index is 1.75. The summed E-state index contributed by atoms with van der Waals surface area (Å²) >= 11 is 6.11. The number of aryl methyl sites for hydroxylation is 1. The maximum atomic E-state index is 13.2. The first kappa shape index (κ1) is 20.6. The van der Waals surface area contributed by atoms with Gasteiger partial charge in [-0.15, -0.1) is 5.10 Å². The molecule has 160 valence electrons. The van der Waals surface area contributed by atoms with Crippen LogP contribution in [0.4, 0.5) is 0 Å². The lowest BCUT2D eigenvalue weighted by Gasteiger charge is -2.13. The summed E-state index contributed by atoms with van der Waals surface area (Å²) in [5.41, 5.74) is 5.81. The quantitative estimate of drug-likeness (QED) is 0.412. The molecule has 0 radical (unpaired) electrons. The van der Waals surface area contributed by atoms with Gasteiger partial charge in [0.25, 0.3) is 0 Å². The lowest BCUT2D eigenvalue weighted by Crippen LogP contribution is -2.23. The number of nitrogens with zero attached hydrogens (tertiary/aromatic N) is 5. The zero-order valence-electron chi connectivity index (χ0n) is 17.7. The minimum absolute atomic E-state index is 0.269. The number of nitriles is 1. The van der Waals surface area contributed by atoms with E-state index in [4.69, 9.17) is 16.9 Å². The van der Waals surface area contributed by atoms with Crippen LogP contribution in [0, 0.1) is 18.3 Å². The lowest BCUT2D eigenvalue weighted by molar-refractivity contribution is -0.377. The smallest absolute Gasteiger partial charge is 0.244 e. The SMILES string of the molecule is Cc1nn2c(=O)n(Cc3ccc(C#N)cc3)nc2c(-c2cc[nH+]cc2)c1-c1ccc(Cl)cc1. The first-order valence-corrected chi connectivity index (χ1v) is 10.6. The van der Waals surface area contributed by atoms with Crippen LogP contribution in [-0.2, 0) is 6.54 Å². The number of fused-ring (bicyclic) bond motifs is 1. The largest absolute Gasteiger partial charge is 0.367 e. The average molecular weight is 454 g/mol. The van der Waals surface area contributed by atoms with Gasteiger partial charge in [0.15, 0.2) is 18.0 Å². The number of rotatable bonds is 4. The number of hydrogen-bond donors (Lipinski definition) is 0. The normalized spacial score (nSPS) is 10.9. The summed E-state index contributed by atoms with van der Waals surface area (Å²) in [7, 11) is 0. The summed E-state index contributed by atoms with van der Waals surface area (Å²) in [5, 5.41) is 18.9. The lowest BCUT2D eigenvalue weighted by atomic mass is 9.95. The Morgan fingerprint density at radius 2 is 1.61 bits per heavy atom. The van der Waals surface area contributed by atoms with Crippen LogP contribution in [0.25, 0.3) is 27.9 Å². The van der Waals surface area contributed by atoms with Crippen molar-refractivity contribution in [2.24, 2.45) is 0 Å². The Hall–Kier alpha value is -4.28. The molecule has 0 unspecified atom stereocenters. The van der Waals surface area contributed by atoms with E-state index in [0.717, 1.165) is 27.8 Å². The number of halogens is 1. The molecule has 5 rings (SSSR count). The van der Waals surface area contributed by atoms with Crippen molar-refractivity contribution in [2.45, 2.75) is 13.5 Å². The number of H-pyrrole nitrogens is 1. The molecule has 5 aromatic rings. The van der Waals surface area contributed by atoms with Crippen molar-refractivity contribution in [1.29, 1.82) is 5.26 Å². The summed E-state index contributed by atoms with van der Waals surface area (Å²) in [6, 6.07) is 20.6. The maximum Gasteiger partial charge on any atom is 0.367 e. The first-order valence-electron chi connectivity index (χ1n) is 10.3. The minimum atomic E-state index is -0.330. The van der Waals surface area contributed by atoms with Crippen LogP contribution in [-0.4, -0.2) is 19.4 Å². The van der Waals surface area contributed by atoms with E-state index in [0.29, 0.717) is 21.9 Å². The fourth-order valence-electron chi connectivity index (χ4n) is 3.90. The molecule has 7 nitrogen and oxygen atoms in total. The van der Waals surface area contributed by atoms with Crippen LogP contribution < -0.4 is 10.7 Å². The fourth-order valence-corrected chi connectivity index (χ4v) is 4.02. The van der Waals surface area contributed by atoms with E-state index in [9.17, 15) is 4.79 Å². The highest BCUT2D eigenvalue weighted by Crippen LogP contribution is 2.36. The van der Waals surface area contributed by atoms with Crippen LogP contribution in [0.3, 0.4) is 0 Å². The van der Waals surface area contributed by atoms with Gasteiger partial charge in [-0.05, 0) is 47.9 Å². The zero-order valence-corrected chi connectivity index (χ0v) is 18.4. The van der Waals surface area contributed by atoms with E-state index in [1.807, 2.05) is 67.8 Å². The van der Waals surface area contributed by atoms with Gasteiger partial charge in [0, 0.05) is 28.3 Å². The molecular weight excluding hydrogens is 436 g/mol. The molecule has 33 heavy (non-hydrogen) atoms. The predicted molar refractivity (Wildman–Crippen MR) is 125 cm³/mol. The Morgan fingerprint density at radius 1 is 0.939 bits per heavy atom. The van der Waals surface area contributed by atoms with E-state index in [1.165, 1.54) is 9.20 Å². The second kappa shape index (κ2) is 8.34. The summed E-state index contributed by atoms with van der Waals surface area (Å²) in [5.74, 6) is 0. The van der Waals surface area contributed by atoms with Gasteiger partial charge in [0.05, 0.1) is 23.9 Å². The van der Waals surface area contributed by atoms with Crippen molar-refractivity contribution >= 4 is 17.2 Å². The molecule has 0 aliphatic rings. The molecule has 0 aliphatic heterocycles. The zero-order chi connectivity index (χ0) is 22.9. The summed E-state index contributed by atoms with van der Waals surface area (Å²) in [4.78, 5) is 16.2. The highest BCUT2D eigenvalue weighted by atomic mass is 35.5. The Kier molecular flexibility index (Phi) is 5.21. The molecule has 8 heteroatoms. The molecule has 0 saturated carbocycles. The third-order valence-corrected chi connectivity index (χ3v) is 5.71. The number of hydrogen-bond acceptors (Lipinski definition) is 4. The van der Waals surface area contributed by atoms with E-state index in [2.05, 4.69) is 21.3 Å². The molecule has 1 N–H and O–H groups in total. The van der Waals surface area contributed by atoms with Crippen LogP contribution in [0.15, 0.2) is 77.9 Å². The molecule has 0 saturated heterocycles. The molecule has 3 aromatic heterocycles. The summed E-state index contributed by atoms with van der Waals surface area (Å²) in [6.07, 6.45) is 3.66. The minimum Gasteiger partial charge on any atom is -0.244 e. The van der Waals surface area contributed by atoms with Crippen molar-refractivity contribution in [3.63, 3.8) is 0 Å². The van der Waals surface area contributed by atoms with E-state index >= 15 is 0 Å². The topological polar surface area (TPSA) is 90.1 Å². The van der Waals surface area contributed by atoms with Gasteiger partial charge in [0.1, 0.15) is 0 Å². The van der Waals surface area contributed by atoms with Gasteiger partial charge in [0.2, 0.25) is 0 Å². The fraction of sp³-hybridized carbons (Fsp3) is 0.0800. The number of nitrogens with one attached hydrogen (secondary N) is 1. The third kappa shape index (κ3) is 3.77. The molecule has 3 heterocycles. The summed E-state index contributed by atoms with van der Waals surface area (Å²) < 4.78 is 2.75. The van der Waals surface area contributed by atoms with Crippen molar-refractivity contribution in [1.82, 2.24) is 19.4 Å². The van der Waals surface area contributed by atoms with Gasteiger partial charge < -0.3 is 0 Å². The number of aromatic amines is 1. The third-order valence-electron chi connectivity index (χ3n) is 5.46. The van der Waals surface area contributed by atoms with Gasteiger partial charge in [-0.25, -0.2) is 14.5 Å². The van der Waals surface area contributed by atoms with Crippen LogP contribution in [0.2, 0.25) is 5.02 Å². The second-order valence-corrected chi connectivity index (χ2v) is 8.05. The van der Waals surface area contributed by atoms with Crippen molar-refractivity contribution in [3.05, 3.63) is 105 Å². The highest BCUT2D eigenvalue weighted by molar-refractivity contribution is 6.30. The molecule has 0 bridgehead atoms. The van der Waals surface area contributed by atoms with Crippen LogP contribution in [0.5, 0.6) is 0 Å². The molecule has 0 aliphatic carbocycles. The van der Waals surface area contributed by atoms with Gasteiger partial charge in [-0.1, -0.05) is 35.9 Å². The Bertz CT molecular complexity index is 1560. The van der Waals surface area contributed by atoms with E-state index in [-0.39, 0.29) is 12.2 Å². The predicted octanol–water partition coefficient (Wildman–Crippen LogP) is 3.92. The molecule has 0 amide bonds. The monoisotopic (exact) mass is 453 g/mol. The van der Waals surface area contributed by atoms with E-state index < -0.39 is 0 Å². The van der Waals surface area contributed by atoms with Crippen molar-refractivity contribution in [2.75, 3.05) is 0 Å². The molecule has 0 atom stereocenters. The highest BCUT2D eigenvalue weighted by Gasteiger charge is 2.21. The number of benzene rings is 2. The van der Waals surface area contributed by atoms with Gasteiger partial charge >= 0.3 is 5.69 Å². The van der Waals surface area contributed by atoms with Crippen LogP contribution >= 0.6 is 11.6 Å². The molecule has 0 spiro atoms.